The molecule has 1 amide bonds. The maximum Gasteiger partial charge on any atom is 0.252 e. The number of nitrogens with two attached hydrogens (primary N) is 2. The number of amides is 1. The number of aryl methyl sites for hydroxylation is 1. The van der Waals surface area contributed by atoms with E-state index < -0.39 is 5.91 Å². The Kier molecular flexibility index (Phi) is 5.30. The van der Waals surface area contributed by atoms with E-state index in [0.717, 1.165) is 18.5 Å². The summed E-state index contributed by atoms with van der Waals surface area (Å²) in [5.74, 6) is 0.624. The summed E-state index contributed by atoms with van der Waals surface area (Å²) in [5.41, 5.74) is 12.8. The zero-order valence-corrected chi connectivity index (χ0v) is 12.2. The molecule has 0 radical (unpaired) electrons. The monoisotopic (exact) mass is 264 g/mol. The number of nitrogens with zero attached hydrogens (tertiary/aromatic N) is 2. The van der Waals surface area contributed by atoms with Crippen molar-refractivity contribution in [1.82, 2.24) is 4.98 Å². The van der Waals surface area contributed by atoms with Crippen LogP contribution in [0.2, 0.25) is 0 Å². The van der Waals surface area contributed by atoms with Crippen LogP contribution >= 0.6 is 0 Å². The van der Waals surface area contributed by atoms with Crippen LogP contribution in [0.5, 0.6) is 0 Å². The van der Waals surface area contributed by atoms with E-state index in [9.17, 15) is 4.79 Å². The van der Waals surface area contributed by atoms with E-state index in [1.807, 2.05) is 18.9 Å². The number of carbonyl (C=O) groups is 1. The fourth-order valence-electron chi connectivity index (χ4n) is 1.92. The molecule has 19 heavy (non-hydrogen) atoms. The Morgan fingerprint density at radius 3 is 2.63 bits per heavy atom. The molecule has 0 bridgehead atoms. The van der Waals surface area contributed by atoms with Crippen LogP contribution in [-0.4, -0.2) is 30.5 Å². The van der Waals surface area contributed by atoms with E-state index in [1.54, 1.807) is 12.3 Å². The fraction of sp³-hybridized carbons (Fsp3) is 0.571. The Balaban J connectivity index is 2.85. The van der Waals surface area contributed by atoms with Crippen molar-refractivity contribution < 1.29 is 4.79 Å². The smallest absolute Gasteiger partial charge is 0.252 e. The lowest BCUT2D eigenvalue weighted by molar-refractivity contribution is 0.1000. The third kappa shape index (κ3) is 3.92. The Bertz CT molecular complexity index is 445. The van der Waals surface area contributed by atoms with Gasteiger partial charge in [-0.05, 0) is 30.9 Å². The van der Waals surface area contributed by atoms with E-state index >= 15 is 0 Å². The molecule has 1 unspecified atom stereocenters. The molecule has 1 rings (SSSR count). The van der Waals surface area contributed by atoms with Crippen LogP contribution in [0.15, 0.2) is 12.3 Å². The highest BCUT2D eigenvalue weighted by Crippen LogP contribution is 2.20. The fourth-order valence-corrected chi connectivity index (χ4v) is 1.92. The summed E-state index contributed by atoms with van der Waals surface area (Å²) in [4.78, 5) is 17.7. The van der Waals surface area contributed by atoms with Gasteiger partial charge in [0.25, 0.3) is 5.91 Å². The highest BCUT2D eigenvalue weighted by molar-refractivity contribution is 5.99. The predicted molar refractivity (Wildman–Crippen MR) is 78.2 cm³/mol. The van der Waals surface area contributed by atoms with Gasteiger partial charge in [0, 0.05) is 25.8 Å². The zero-order chi connectivity index (χ0) is 14.6. The Morgan fingerprint density at radius 2 is 2.11 bits per heavy atom. The molecule has 0 saturated heterocycles. The van der Waals surface area contributed by atoms with Gasteiger partial charge < -0.3 is 16.4 Å². The first-order valence-corrected chi connectivity index (χ1v) is 6.56. The summed E-state index contributed by atoms with van der Waals surface area (Å²) in [6.45, 7) is 6.81. The van der Waals surface area contributed by atoms with Gasteiger partial charge in [-0.2, -0.15) is 0 Å². The van der Waals surface area contributed by atoms with Crippen molar-refractivity contribution in [2.24, 2.45) is 17.4 Å². The van der Waals surface area contributed by atoms with Crippen LogP contribution in [-0.2, 0) is 0 Å². The molecule has 0 fully saturated rings. The van der Waals surface area contributed by atoms with Crippen molar-refractivity contribution in [3.63, 3.8) is 0 Å². The molecule has 106 valence electrons. The third-order valence-corrected chi connectivity index (χ3v) is 3.40. The van der Waals surface area contributed by atoms with Gasteiger partial charge in [0.05, 0.1) is 5.56 Å². The van der Waals surface area contributed by atoms with Crippen molar-refractivity contribution in [2.45, 2.75) is 33.2 Å². The maximum absolute atomic E-state index is 11.5. The normalized spacial score (nSPS) is 12.5. The van der Waals surface area contributed by atoms with Crippen LogP contribution in [0.1, 0.15) is 36.2 Å². The minimum Gasteiger partial charge on any atom is -0.365 e. The predicted octanol–water partition coefficient (Wildman–Crippen LogP) is 1.30. The molecule has 0 aromatic carbocycles. The molecular weight excluding hydrogens is 240 g/mol. The van der Waals surface area contributed by atoms with Crippen LogP contribution in [0, 0.1) is 12.8 Å². The zero-order valence-electron chi connectivity index (χ0n) is 12.2. The average molecular weight is 264 g/mol. The van der Waals surface area contributed by atoms with Crippen molar-refractivity contribution in [2.75, 3.05) is 18.5 Å². The number of hydrogen-bond donors (Lipinski definition) is 2. The van der Waals surface area contributed by atoms with Gasteiger partial charge in [-0.15, -0.1) is 0 Å². The second-order valence-corrected chi connectivity index (χ2v) is 5.31. The molecule has 1 atom stereocenters. The summed E-state index contributed by atoms with van der Waals surface area (Å²) >= 11 is 0. The van der Waals surface area contributed by atoms with Crippen molar-refractivity contribution in [3.05, 3.63) is 23.4 Å². The minimum absolute atomic E-state index is 0.143. The SMILES string of the molecule is Cc1ccnc(N(C)CCC(N)C(C)C)c1C(N)=O. The Morgan fingerprint density at radius 1 is 1.47 bits per heavy atom. The van der Waals surface area contributed by atoms with Crippen LogP contribution in [0.25, 0.3) is 0 Å². The quantitative estimate of drug-likeness (QED) is 0.811. The molecule has 1 aromatic rings. The molecule has 1 heterocycles. The van der Waals surface area contributed by atoms with Crippen molar-refractivity contribution >= 4 is 11.7 Å². The second kappa shape index (κ2) is 6.52. The number of anilines is 1. The summed E-state index contributed by atoms with van der Waals surface area (Å²) in [6, 6.07) is 1.93. The van der Waals surface area contributed by atoms with Crippen LogP contribution in [0.3, 0.4) is 0 Å². The van der Waals surface area contributed by atoms with Gasteiger partial charge in [0.1, 0.15) is 5.82 Å². The lowest BCUT2D eigenvalue weighted by Gasteiger charge is -2.24. The maximum atomic E-state index is 11.5. The summed E-state index contributed by atoms with van der Waals surface area (Å²) < 4.78 is 0. The lowest BCUT2D eigenvalue weighted by atomic mass is 10.0. The molecule has 0 aliphatic heterocycles. The summed E-state index contributed by atoms with van der Waals surface area (Å²) in [5, 5.41) is 0. The second-order valence-electron chi connectivity index (χ2n) is 5.31. The highest BCUT2D eigenvalue weighted by Gasteiger charge is 2.17. The lowest BCUT2D eigenvalue weighted by Crippen LogP contribution is -2.33. The number of carbonyl (C=O) groups excluding carboxylic acids is 1. The van der Waals surface area contributed by atoms with Crippen molar-refractivity contribution in [3.8, 4) is 0 Å². The van der Waals surface area contributed by atoms with E-state index in [-0.39, 0.29) is 6.04 Å². The first-order valence-electron chi connectivity index (χ1n) is 6.56. The number of hydrogen-bond acceptors (Lipinski definition) is 4. The van der Waals surface area contributed by atoms with Gasteiger partial charge >= 0.3 is 0 Å². The number of rotatable bonds is 6. The Labute approximate surface area is 115 Å². The molecule has 4 N–H and O–H groups in total. The molecule has 1 aromatic heterocycles. The molecular formula is C14H24N4O. The minimum atomic E-state index is -0.444. The molecule has 0 aliphatic carbocycles. The average Bonchev–Trinajstić information content (AvgIpc) is 2.34. The van der Waals surface area contributed by atoms with E-state index in [1.165, 1.54) is 0 Å². The highest BCUT2D eigenvalue weighted by atomic mass is 16.1. The van der Waals surface area contributed by atoms with Gasteiger partial charge in [-0.25, -0.2) is 4.98 Å². The van der Waals surface area contributed by atoms with E-state index in [4.69, 9.17) is 11.5 Å². The first kappa shape index (κ1) is 15.4. The van der Waals surface area contributed by atoms with Crippen LogP contribution < -0.4 is 16.4 Å². The van der Waals surface area contributed by atoms with E-state index in [0.29, 0.717) is 17.3 Å². The van der Waals surface area contributed by atoms with Crippen molar-refractivity contribution in [1.29, 1.82) is 0 Å². The molecule has 0 spiro atoms. The molecule has 0 aliphatic rings. The summed E-state index contributed by atoms with van der Waals surface area (Å²) in [7, 11) is 1.90. The van der Waals surface area contributed by atoms with E-state index in [2.05, 4.69) is 18.8 Å². The van der Waals surface area contributed by atoms with Gasteiger partial charge in [0.15, 0.2) is 0 Å². The Hall–Kier alpha value is -1.62. The number of primary amides is 1. The van der Waals surface area contributed by atoms with Gasteiger partial charge in [-0.1, -0.05) is 13.8 Å². The topological polar surface area (TPSA) is 85.2 Å². The first-order chi connectivity index (χ1) is 8.84. The molecule has 0 saturated carbocycles. The standard InChI is InChI=1S/C14H24N4O/c1-9(2)11(15)6-8-18(4)14-12(13(16)19)10(3)5-7-17-14/h5,7,9,11H,6,8,15H2,1-4H3,(H2,16,19). The number of pyridine rings is 1. The van der Waals surface area contributed by atoms with Gasteiger partial charge in [-0.3, -0.25) is 4.79 Å². The van der Waals surface area contributed by atoms with Gasteiger partial charge in [0.2, 0.25) is 0 Å². The van der Waals surface area contributed by atoms with Crippen LogP contribution in [0.4, 0.5) is 5.82 Å². The molecule has 5 heteroatoms. The molecule has 5 nitrogen and oxygen atoms in total. The largest absolute Gasteiger partial charge is 0.365 e. The summed E-state index contributed by atoms with van der Waals surface area (Å²) in [6.07, 6.45) is 2.54. The number of aromatic nitrogens is 1. The third-order valence-electron chi connectivity index (χ3n) is 3.40.